The van der Waals surface area contributed by atoms with E-state index in [0.29, 0.717) is 6.54 Å². The number of amides is 1. The maximum absolute atomic E-state index is 11.3. The van der Waals surface area contributed by atoms with Crippen LogP contribution in [0.2, 0.25) is 0 Å². The van der Waals surface area contributed by atoms with E-state index in [9.17, 15) is 4.79 Å². The Labute approximate surface area is 79.5 Å². The van der Waals surface area contributed by atoms with Crippen molar-refractivity contribution in [3.8, 4) is 0 Å². The van der Waals surface area contributed by atoms with Gasteiger partial charge >= 0.3 is 0 Å². The first kappa shape index (κ1) is 12.4. The monoisotopic (exact) mass is 188 g/mol. The van der Waals surface area contributed by atoms with Crippen LogP contribution in [0.3, 0.4) is 0 Å². The number of aliphatic hydroxyl groups excluding tert-OH is 1. The second kappa shape index (κ2) is 6.86. The predicted octanol–water partition coefficient (Wildman–Crippen LogP) is -0.142. The number of aliphatic hydroxyl groups is 1. The van der Waals surface area contributed by atoms with E-state index in [4.69, 9.17) is 10.8 Å². The predicted molar refractivity (Wildman–Crippen MR) is 52.1 cm³/mol. The highest BCUT2D eigenvalue weighted by Gasteiger charge is 2.12. The molecular weight excluding hydrogens is 168 g/mol. The SMILES string of the molecule is CC(CCCO)NC(=O)C(C)CN. The van der Waals surface area contributed by atoms with Gasteiger partial charge in [0.1, 0.15) is 0 Å². The van der Waals surface area contributed by atoms with E-state index in [-0.39, 0.29) is 24.5 Å². The van der Waals surface area contributed by atoms with Crippen molar-refractivity contribution in [3.63, 3.8) is 0 Å². The van der Waals surface area contributed by atoms with Crippen molar-refractivity contribution >= 4 is 5.91 Å². The van der Waals surface area contributed by atoms with Gasteiger partial charge in [-0.2, -0.15) is 0 Å². The largest absolute Gasteiger partial charge is 0.396 e. The molecule has 0 saturated carbocycles. The Kier molecular flexibility index (Phi) is 6.54. The lowest BCUT2D eigenvalue weighted by atomic mass is 10.1. The molecule has 0 spiro atoms. The minimum absolute atomic E-state index is 0.00654. The smallest absolute Gasteiger partial charge is 0.224 e. The van der Waals surface area contributed by atoms with Crippen molar-refractivity contribution < 1.29 is 9.90 Å². The molecule has 0 aromatic carbocycles. The summed E-state index contributed by atoms with van der Waals surface area (Å²) in [4.78, 5) is 11.3. The Hall–Kier alpha value is -0.610. The number of hydrogen-bond donors (Lipinski definition) is 3. The van der Waals surface area contributed by atoms with Gasteiger partial charge < -0.3 is 16.2 Å². The summed E-state index contributed by atoms with van der Waals surface area (Å²) in [6.45, 7) is 4.27. The van der Waals surface area contributed by atoms with E-state index >= 15 is 0 Å². The summed E-state index contributed by atoms with van der Waals surface area (Å²) in [6.07, 6.45) is 1.53. The summed E-state index contributed by atoms with van der Waals surface area (Å²) in [7, 11) is 0. The topological polar surface area (TPSA) is 75.3 Å². The minimum Gasteiger partial charge on any atom is -0.396 e. The van der Waals surface area contributed by atoms with Crippen LogP contribution >= 0.6 is 0 Å². The molecule has 0 bridgehead atoms. The Bertz CT molecular complexity index is 151. The molecule has 0 heterocycles. The molecule has 0 aliphatic carbocycles. The van der Waals surface area contributed by atoms with Gasteiger partial charge in [0.05, 0.1) is 0 Å². The molecule has 0 saturated heterocycles. The summed E-state index contributed by atoms with van der Waals surface area (Å²) in [5.74, 6) is -0.135. The number of hydrogen-bond acceptors (Lipinski definition) is 3. The van der Waals surface area contributed by atoms with Crippen LogP contribution in [0.5, 0.6) is 0 Å². The molecule has 0 fully saturated rings. The van der Waals surface area contributed by atoms with Gasteiger partial charge in [-0.25, -0.2) is 0 Å². The molecule has 4 N–H and O–H groups in total. The van der Waals surface area contributed by atoms with Crippen molar-refractivity contribution in [2.24, 2.45) is 11.7 Å². The number of carbonyl (C=O) groups excluding carboxylic acids is 1. The van der Waals surface area contributed by atoms with Gasteiger partial charge in [-0.3, -0.25) is 4.79 Å². The van der Waals surface area contributed by atoms with Gasteiger partial charge in [0, 0.05) is 25.1 Å². The molecule has 78 valence electrons. The summed E-state index contributed by atoms with van der Waals surface area (Å²) < 4.78 is 0. The van der Waals surface area contributed by atoms with Crippen molar-refractivity contribution in [2.75, 3.05) is 13.2 Å². The van der Waals surface area contributed by atoms with E-state index in [1.807, 2.05) is 6.92 Å². The van der Waals surface area contributed by atoms with Crippen molar-refractivity contribution in [1.82, 2.24) is 5.32 Å². The van der Waals surface area contributed by atoms with Gasteiger partial charge in [-0.05, 0) is 19.8 Å². The maximum atomic E-state index is 11.3. The Morgan fingerprint density at radius 1 is 1.54 bits per heavy atom. The molecule has 4 nitrogen and oxygen atoms in total. The fraction of sp³-hybridized carbons (Fsp3) is 0.889. The molecule has 4 heteroatoms. The van der Waals surface area contributed by atoms with Crippen LogP contribution in [0, 0.1) is 5.92 Å². The first-order valence-electron chi connectivity index (χ1n) is 4.73. The molecule has 2 atom stereocenters. The van der Waals surface area contributed by atoms with Gasteiger partial charge in [0.25, 0.3) is 0 Å². The molecule has 0 aromatic heterocycles. The lowest BCUT2D eigenvalue weighted by molar-refractivity contribution is -0.124. The van der Waals surface area contributed by atoms with Crippen molar-refractivity contribution in [2.45, 2.75) is 32.7 Å². The molecule has 0 rings (SSSR count). The Balaban J connectivity index is 3.64. The highest BCUT2D eigenvalue weighted by molar-refractivity contribution is 5.78. The number of nitrogens with one attached hydrogen (secondary N) is 1. The third-order valence-electron chi connectivity index (χ3n) is 1.99. The molecular formula is C9H20N2O2. The molecule has 2 unspecified atom stereocenters. The fourth-order valence-corrected chi connectivity index (χ4v) is 0.962. The van der Waals surface area contributed by atoms with Crippen LogP contribution in [0.15, 0.2) is 0 Å². The third-order valence-corrected chi connectivity index (χ3v) is 1.99. The summed E-state index contributed by atoms with van der Waals surface area (Å²) >= 11 is 0. The zero-order chi connectivity index (χ0) is 10.3. The molecule has 0 radical (unpaired) electrons. The molecule has 0 aromatic rings. The second-order valence-electron chi connectivity index (χ2n) is 3.41. The van der Waals surface area contributed by atoms with E-state index < -0.39 is 0 Å². The number of rotatable bonds is 6. The van der Waals surface area contributed by atoms with E-state index in [1.54, 1.807) is 6.92 Å². The quantitative estimate of drug-likeness (QED) is 0.543. The minimum atomic E-state index is -0.128. The Morgan fingerprint density at radius 3 is 2.62 bits per heavy atom. The lowest BCUT2D eigenvalue weighted by Crippen LogP contribution is -2.38. The molecule has 0 aliphatic heterocycles. The van der Waals surface area contributed by atoms with Crippen LogP contribution in [-0.4, -0.2) is 30.2 Å². The molecule has 0 aliphatic rings. The van der Waals surface area contributed by atoms with Gasteiger partial charge in [-0.1, -0.05) is 6.92 Å². The van der Waals surface area contributed by atoms with Crippen molar-refractivity contribution in [3.05, 3.63) is 0 Å². The normalized spacial score (nSPS) is 15.1. The van der Waals surface area contributed by atoms with Crippen LogP contribution < -0.4 is 11.1 Å². The summed E-state index contributed by atoms with van der Waals surface area (Å²) in [5, 5.41) is 11.4. The average Bonchev–Trinajstić information content (AvgIpc) is 2.13. The lowest BCUT2D eigenvalue weighted by Gasteiger charge is -2.15. The summed E-state index contributed by atoms with van der Waals surface area (Å²) in [6, 6.07) is 0.119. The highest BCUT2D eigenvalue weighted by Crippen LogP contribution is 1.98. The van der Waals surface area contributed by atoms with Crippen LogP contribution in [0.1, 0.15) is 26.7 Å². The van der Waals surface area contributed by atoms with E-state index in [2.05, 4.69) is 5.32 Å². The van der Waals surface area contributed by atoms with Gasteiger partial charge in [-0.15, -0.1) is 0 Å². The van der Waals surface area contributed by atoms with Gasteiger partial charge in [0.2, 0.25) is 5.91 Å². The number of nitrogens with two attached hydrogens (primary N) is 1. The second-order valence-corrected chi connectivity index (χ2v) is 3.41. The molecule has 1 amide bonds. The maximum Gasteiger partial charge on any atom is 0.224 e. The zero-order valence-electron chi connectivity index (χ0n) is 8.42. The Morgan fingerprint density at radius 2 is 2.15 bits per heavy atom. The standard InChI is InChI=1S/C9H20N2O2/c1-7(6-10)9(13)11-8(2)4-3-5-12/h7-8,12H,3-6,10H2,1-2H3,(H,11,13). The first-order valence-corrected chi connectivity index (χ1v) is 4.73. The van der Waals surface area contributed by atoms with Gasteiger partial charge in [0.15, 0.2) is 0 Å². The fourth-order valence-electron chi connectivity index (χ4n) is 0.962. The average molecular weight is 188 g/mol. The van der Waals surface area contributed by atoms with E-state index in [1.165, 1.54) is 0 Å². The highest BCUT2D eigenvalue weighted by atomic mass is 16.2. The zero-order valence-corrected chi connectivity index (χ0v) is 8.42. The molecule has 13 heavy (non-hydrogen) atoms. The summed E-state index contributed by atoms with van der Waals surface area (Å²) in [5.41, 5.74) is 5.35. The van der Waals surface area contributed by atoms with Crippen molar-refractivity contribution in [1.29, 1.82) is 0 Å². The number of carbonyl (C=O) groups is 1. The van der Waals surface area contributed by atoms with E-state index in [0.717, 1.165) is 12.8 Å². The third kappa shape index (κ3) is 5.60. The van der Waals surface area contributed by atoms with Crippen LogP contribution in [-0.2, 0) is 4.79 Å². The van der Waals surface area contributed by atoms with Crippen LogP contribution in [0.25, 0.3) is 0 Å². The first-order chi connectivity index (χ1) is 6.11. The van der Waals surface area contributed by atoms with Crippen LogP contribution in [0.4, 0.5) is 0 Å².